The lowest BCUT2D eigenvalue weighted by molar-refractivity contribution is -0.138. The highest BCUT2D eigenvalue weighted by Gasteiger charge is 2.19. The van der Waals surface area contributed by atoms with Crippen molar-refractivity contribution < 1.29 is 23.5 Å². The number of aryl methyl sites for hydroxylation is 1. The van der Waals surface area contributed by atoms with E-state index in [4.69, 9.17) is 5.11 Å². The van der Waals surface area contributed by atoms with Gasteiger partial charge in [0.25, 0.3) is 5.91 Å². The van der Waals surface area contributed by atoms with Crippen molar-refractivity contribution in [3.63, 3.8) is 0 Å². The van der Waals surface area contributed by atoms with E-state index in [1.165, 1.54) is 13.8 Å². The van der Waals surface area contributed by atoms with E-state index in [1.54, 1.807) is 0 Å². The fourth-order valence-corrected chi connectivity index (χ4v) is 1.17. The average Bonchev–Trinajstić information content (AvgIpc) is 2.22. The first-order valence-corrected chi connectivity index (χ1v) is 4.82. The predicted molar refractivity (Wildman–Crippen MR) is 55.7 cm³/mol. The number of carboxylic acid groups (broad SMARTS) is 1. The third-order valence-corrected chi connectivity index (χ3v) is 2.21. The van der Waals surface area contributed by atoms with E-state index in [0.717, 1.165) is 6.07 Å². The Hall–Kier alpha value is -1.98. The average molecular weight is 243 g/mol. The van der Waals surface area contributed by atoms with Crippen LogP contribution in [-0.4, -0.2) is 23.0 Å². The Morgan fingerprint density at radius 2 is 1.88 bits per heavy atom. The summed E-state index contributed by atoms with van der Waals surface area (Å²) in [5, 5.41) is 10.7. The van der Waals surface area contributed by atoms with Gasteiger partial charge in [-0.15, -0.1) is 0 Å². The van der Waals surface area contributed by atoms with E-state index in [0.29, 0.717) is 6.07 Å². The molecule has 0 saturated carbocycles. The molecule has 6 heteroatoms. The van der Waals surface area contributed by atoms with Gasteiger partial charge in [0, 0.05) is 6.07 Å². The zero-order chi connectivity index (χ0) is 13.2. The van der Waals surface area contributed by atoms with Crippen molar-refractivity contribution in [2.75, 3.05) is 0 Å². The van der Waals surface area contributed by atoms with Crippen molar-refractivity contribution in [1.29, 1.82) is 0 Å². The van der Waals surface area contributed by atoms with E-state index in [9.17, 15) is 18.4 Å². The summed E-state index contributed by atoms with van der Waals surface area (Å²) < 4.78 is 26.2. The first-order valence-electron chi connectivity index (χ1n) is 4.82. The van der Waals surface area contributed by atoms with E-state index in [2.05, 4.69) is 5.32 Å². The molecule has 2 N–H and O–H groups in total. The van der Waals surface area contributed by atoms with Gasteiger partial charge < -0.3 is 10.4 Å². The zero-order valence-electron chi connectivity index (χ0n) is 9.25. The Morgan fingerprint density at radius 3 is 2.41 bits per heavy atom. The number of hydrogen-bond acceptors (Lipinski definition) is 2. The monoisotopic (exact) mass is 243 g/mol. The van der Waals surface area contributed by atoms with Gasteiger partial charge in [-0.05, 0) is 25.5 Å². The minimum Gasteiger partial charge on any atom is -0.480 e. The zero-order valence-corrected chi connectivity index (χ0v) is 9.25. The van der Waals surface area contributed by atoms with Crippen LogP contribution in [0.3, 0.4) is 0 Å². The van der Waals surface area contributed by atoms with E-state index < -0.39 is 29.6 Å². The number of halogens is 2. The highest BCUT2D eigenvalue weighted by molar-refractivity contribution is 5.96. The minimum absolute atomic E-state index is 0.111. The van der Waals surface area contributed by atoms with Crippen molar-refractivity contribution in [1.82, 2.24) is 5.32 Å². The molecule has 0 spiro atoms. The van der Waals surface area contributed by atoms with Gasteiger partial charge in [-0.1, -0.05) is 0 Å². The summed E-state index contributed by atoms with van der Waals surface area (Å²) in [4.78, 5) is 22.0. The quantitative estimate of drug-likeness (QED) is 0.844. The number of carbonyl (C=O) groups excluding carboxylic acids is 1. The van der Waals surface area contributed by atoms with Crippen LogP contribution < -0.4 is 5.32 Å². The summed E-state index contributed by atoms with van der Waals surface area (Å²) >= 11 is 0. The molecule has 0 fully saturated rings. The van der Waals surface area contributed by atoms with Crippen molar-refractivity contribution in [2.45, 2.75) is 19.9 Å². The summed E-state index contributed by atoms with van der Waals surface area (Å²) in [5.41, 5.74) is -0.267. The Morgan fingerprint density at radius 1 is 1.29 bits per heavy atom. The Balaban J connectivity index is 2.97. The highest BCUT2D eigenvalue weighted by atomic mass is 19.1. The van der Waals surface area contributed by atoms with Gasteiger partial charge in [-0.25, -0.2) is 8.78 Å². The molecule has 0 aliphatic heterocycles. The van der Waals surface area contributed by atoms with Gasteiger partial charge in [0.15, 0.2) is 0 Å². The first kappa shape index (κ1) is 13.1. The largest absolute Gasteiger partial charge is 0.480 e. The molecule has 1 unspecified atom stereocenters. The fourth-order valence-electron chi connectivity index (χ4n) is 1.17. The second kappa shape index (κ2) is 4.90. The third-order valence-electron chi connectivity index (χ3n) is 2.21. The summed E-state index contributed by atoms with van der Waals surface area (Å²) in [7, 11) is 0. The second-order valence-electron chi connectivity index (χ2n) is 3.61. The molecule has 17 heavy (non-hydrogen) atoms. The van der Waals surface area contributed by atoms with Gasteiger partial charge in [0.1, 0.15) is 17.7 Å². The molecule has 0 saturated heterocycles. The van der Waals surface area contributed by atoms with Crippen LogP contribution in [0.2, 0.25) is 0 Å². The summed E-state index contributed by atoms with van der Waals surface area (Å²) in [6.07, 6.45) is 0. The van der Waals surface area contributed by atoms with Crippen molar-refractivity contribution in [3.05, 3.63) is 34.9 Å². The van der Waals surface area contributed by atoms with Crippen molar-refractivity contribution in [3.8, 4) is 0 Å². The van der Waals surface area contributed by atoms with Crippen LogP contribution >= 0.6 is 0 Å². The maximum Gasteiger partial charge on any atom is 0.325 e. The number of aliphatic carboxylic acids is 1. The lowest BCUT2D eigenvalue weighted by Gasteiger charge is -2.10. The van der Waals surface area contributed by atoms with E-state index >= 15 is 0 Å². The number of rotatable bonds is 3. The van der Waals surface area contributed by atoms with E-state index in [-0.39, 0.29) is 11.1 Å². The van der Waals surface area contributed by atoms with E-state index in [1.807, 2.05) is 0 Å². The normalized spacial score (nSPS) is 12.0. The van der Waals surface area contributed by atoms with Gasteiger partial charge in [0.05, 0.1) is 5.56 Å². The van der Waals surface area contributed by atoms with Crippen LogP contribution in [0.4, 0.5) is 8.78 Å². The van der Waals surface area contributed by atoms with Crippen molar-refractivity contribution >= 4 is 11.9 Å². The molecule has 0 bridgehead atoms. The molecular weight excluding hydrogens is 232 g/mol. The molecular formula is C11H11F2NO3. The number of carboxylic acids is 1. The molecule has 4 nitrogen and oxygen atoms in total. The fraction of sp³-hybridized carbons (Fsp3) is 0.273. The van der Waals surface area contributed by atoms with Gasteiger partial charge in [-0.2, -0.15) is 0 Å². The lowest BCUT2D eigenvalue weighted by Crippen LogP contribution is -2.38. The van der Waals surface area contributed by atoms with Crippen LogP contribution in [-0.2, 0) is 4.79 Å². The topological polar surface area (TPSA) is 66.4 Å². The third kappa shape index (κ3) is 2.99. The van der Waals surface area contributed by atoms with Gasteiger partial charge in [0.2, 0.25) is 0 Å². The number of carbonyl (C=O) groups is 2. The number of amides is 1. The Kier molecular flexibility index (Phi) is 3.77. The molecule has 0 radical (unpaired) electrons. The van der Waals surface area contributed by atoms with Gasteiger partial charge in [-0.3, -0.25) is 9.59 Å². The maximum atomic E-state index is 13.3. The predicted octanol–water partition coefficient (Wildman–Crippen LogP) is 1.48. The molecule has 92 valence electrons. The summed E-state index contributed by atoms with van der Waals surface area (Å²) in [5.74, 6) is -3.91. The smallest absolute Gasteiger partial charge is 0.325 e. The molecule has 1 aromatic carbocycles. The Labute approximate surface area is 96.3 Å². The molecule has 0 heterocycles. The summed E-state index contributed by atoms with van der Waals surface area (Å²) in [6, 6.07) is 0.483. The van der Waals surface area contributed by atoms with Crippen LogP contribution in [0, 0.1) is 18.6 Å². The van der Waals surface area contributed by atoms with Crippen molar-refractivity contribution in [2.24, 2.45) is 0 Å². The molecule has 0 aliphatic carbocycles. The lowest BCUT2D eigenvalue weighted by atomic mass is 10.1. The first-order chi connectivity index (χ1) is 7.82. The number of benzene rings is 1. The van der Waals surface area contributed by atoms with Crippen LogP contribution in [0.15, 0.2) is 12.1 Å². The minimum atomic E-state index is -1.24. The molecule has 0 aliphatic rings. The summed E-state index contributed by atoms with van der Waals surface area (Å²) in [6.45, 7) is 2.63. The van der Waals surface area contributed by atoms with Crippen LogP contribution in [0.5, 0.6) is 0 Å². The van der Waals surface area contributed by atoms with Crippen LogP contribution in [0.25, 0.3) is 0 Å². The standard InChI is InChI=1S/C11H11F2NO3/c1-5-3-7(9(13)4-8(5)12)10(15)14-6(2)11(16)17/h3-4,6H,1-2H3,(H,14,15)(H,16,17). The Bertz CT molecular complexity index is 474. The second-order valence-corrected chi connectivity index (χ2v) is 3.61. The maximum absolute atomic E-state index is 13.3. The molecule has 1 aromatic rings. The molecule has 0 aromatic heterocycles. The SMILES string of the molecule is Cc1cc(C(=O)NC(C)C(=O)O)c(F)cc1F. The van der Waals surface area contributed by atoms with Crippen LogP contribution in [0.1, 0.15) is 22.8 Å². The molecule has 1 atom stereocenters. The van der Waals surface area contributed by atoms with Gasteiger partial charge >= 0.3 is 5.97 Å². The molecule has 1 rings (SSSR count). The number of hydrogen-bond donors (Lipinski definition) is 2. The number of nitrogens with one attached hydrogen (secondary N) is 1. The molecule has 1 amide bonds. The highest BCUT2D eigenvalue weighted by Crippen LogP contribution is 2.14.